The quantitative estimate of drug-likeness (QED) is 0.803. The molecule has 1 aliphatic rings. The van der Waals surface area contributed by atoms with Crippen LogP contribution in [0, 0.1) is 5.82 Å². The monoisotopic (exact) mass is 400 g/mol. The second kappa shape index (κ2) is 7.49. The third-order valence-electron chi connectivity index (χ3n) is 4.29. The number of piperidine rings is 1. The summed E-state index contributed by atoms with van der Waals surface area (Å²) >= 11 is 0. The third kappa shape index (κ3) is 4.07. The lowest BCUT2D eigenvalue weighted by Crippen LogP contribution is -2.44. The summed E-state index contributed by atoms with van der Waals surface area (Å²) in [6.07, 6.45) is -4.86. The maximum atomic E-state index is 13.7. The minimum absolute atomic E-state index is 0.0404. The molecule has 0 saturated carbocycles. The highest BCUT2D eigenvalue weighted by Gasteiger charge is 2.42. The predicted octanol–water partition coefficient (Wildman–Crippen LogP) is 2.73. The number of hydrogen-bond donors (Lipinski definition) is 1. The van der Waals surface area contributed by atoms with Crippen LogP contribution >= 0.6 is 0 Å². The lowest BCUT2D eigenvalue weighted by atomic mass is 10.1. The number of halogens is 4. The van der Waals surface area contributed by atoms with Gasteiger partial charge in [0.1, 0.15) is 11.9 Å². The number of carbonyl (C=O) groups is 2. The molecule has 0 bridgehead atoms. The Morgan fingerprint density at radius 1 is 1.21 bits per heavy atom. The zero-order valence-corrected chi connectivity index (χ0v) is 14.4. The molecule has 2 N–H and O–H groups in total. The Labute approximate surface area is 156 Å². The molecule has 0 aliphatic carbocycles. The zero-order chi connectivity index (χ0) is 20.5. The summed E-state index contributed by atoms with van der Waals surface area (Å²) in [5, 5.41) is 3.69. The number of nitrogens with zero attached hydrogens (tertiary/aromatic N) is 3. The molecule has 1 atom stereocenters. The standard InChI is InChI=1S/C17H16F4N4O3/c18-10-3-5-11(6-4-10)25-14(17(19,20)21)13(8-23-25)15(26)24-7-1-2-12(9-24)28-16(22)27/h3-6,8,12H,1-2,7,9H2,(H2,22,27). The minimum atomic E-state index is -4.88. The molecule has 1 saturated heterocycles. The highest BCUT2D eigenvalue weighted by molar-refractivity contribution is 5.95. The van der Waals surface area contributed by atoms with Gasteiger partial charge in [-0.3, -0.25) is 4.79 Å². The van der Waals surface area contributed by atoms with Gasteiger partial charge in [-0.2, -0.15) is 18.3 Å². The van der Waals surface area contributed by atoms with Crippen molar-refractivity contribution in [3.8, 4) is 5.69 Å². The summed E-state index contributed by atoms with van der Waals surface area (Å²) in [5.74, 6) is -1.51. The topological polar surface area (TPSA) is 90.5 Å². The Hall–Kier alpha value is -3.11. The van der Waals surface area contributed by atoms with Gasteiger partial charge in [0.25, 0.3) is 5.91 Å². The van der Waals surface area contributed by atoms with E-state index in [0.717, 1.165) is 30.5 Å². The highest BCUT2D eigenvalue weighted by atomic mass is 19.4. The fourth-order valence-corrected chi connectivity index (χ4v) is 3.11. The molecule has 2 heterocycles. The molecular formula is C17H16F4N4O3. The Bertz CT molecular complexity index is 880. The maximum Gasteiger partial charge on any atom is 0.434 e. The van der Waals surface area contributed by atoms with Crippen molar-refractivity contribution in [3.63, 3.8) is 0 Å². The van der Waals surface area contributed by atoms with Gasteiger partial charge >= 0.3 is 12.3 Å². The summed E-state index contributed by atoms with van der Waals surface area (Å²) in [6, 6.07) is 4.25. The van der Waals surface area contributed by atoms with Crippen molar-refractivity contribution in [3.05, 3.63) is 47.5 Å². The first kappa shape index (κ1) is 19.6. The summed E-state index contributed by atoms with van der Waals surface area (Å²) < 4.78 is 59.6. The third-order valence-corrected chi connectivity index (χ3v) is 4.29. The first-order valence-electron chi connectivity index (χ1n) is 8.33. The number of amides is 2. The van der Waals surface area contributed by atoms with Crippen LogP contribution in [0.2, 0.25) is 0 Å². The molecule has 1 fully saturated rings. The van der Waals surface area contributed by atoms with Crippen molar-refractivity contribution in [2.24, 2.45) is 5.73 Å². The zero-order valence-electron chi connectivity index (χ0n) is 14.4. The first-order valence-corrected chi connectivity index (χ1v) is 8.33. The average molecular weight is 400 g/mol. The van der Waals surface area contributed by atoms with E-state index in [2.05, 4.69) is 5.10 Å². The average Bonchev–Trinajstić information content (AvgIpc) is 3.07. The number of alkyl halides is 3. The van der Waals surface area contributed by atoms with Crippen molar-refractivity contribution >= 4 is 12.0 Å². The molecule has 1 aromatic heterocycles. The number of aromatic nitrogens is 2. The summed E-state index contributed by atoms with van der Waals surface area (Å²) in [6.45, 7) is 0.136. The van der Waals surface area contributed by atoms with Crippen molar-refractivity contribution in [1.82, 2.24) is 14.7 Å². The number of benzene rings is 1. The summed E-state index contributed by atoms with van der Waals surface area (Å²) in [7, 11) is 0. The van der Waals surface area contributed by atoms with Gasteiger partial charge in [-0.1, -0.05) is 0 Å². The van der Waals surface area contributed by atoms with E-state index in [1.54, 1.807) is 0 Å². The van der Waals surface area contributed by atoms with Gasteiger partial charge in [0.05, 0.1) is 24.0 Å². The van der Waals surface area contributed by atoms with Crippen molar-refractivity contribution in [2.75, 3.05) is 13.1 Å². The molecule has 2 amide bonds. The lowest BCUT2D eigenvalue weighted by molar-refractivity contribution is -0.143. The van der Waals surface area contributed by atoms with Gasteiger partial charge in [-0.25, -0.2) is 13.9 Å². The molecular weight excluding hydrogens is 384 g/mol. The Balaban J connectivity index is 1.94. The Morgan fingerprint density at radius 2 is 1.89 bits per heavy atom. The van der Waals surface area contributed by atoms with Crippen molar-refractivity contribution in [1.29, 1.82) is 0 Å². The van der Waals surface area contributed by atoms with Crippen LogP contribution in [0.25, 0.3) is 5.69 Å². The summed E-state index contributed by atoms with van der Waals surface area (Å²) in [5.41, 5.74) is 3.02. The molecule has 2 aromatic rings. The van der Waals surface area contributed by atoms with E-state index in [4.69, 9.17) is 10.5 Å². The molecule has 28 heavy (non-hydrogen) atoms. The molecule has 0 radical (unpaired) electrons. The number of ether oxygens (including phenoxy) is 1. The van der Waals surface area contributed by atoms with Crippen molar-refractivity contribution < 1.29 is 31.9 Å². The second-order valence-electron chi connectivity index (χ2n) is 6.25. The van der Waals surface area contributed by atoms with Crippen LogP contribution in [0.15, 0.2) is 30.5 Å². The molecule has 3 rings (SSSR count). The molecule has 11 heteroatoms. The number of likely N-dealkylation sites (tertiary alicyclic amines) is 1. The van der Waals surface area contributed by atoms with Gasteiger partial charge in [0, 0.05) is 6.54 Å². The Morgan fingerprint density at radius 3 is 2.50 bits per heavy atom. The van der Waals surface area contributed by atoms with Gasteiger partial charge < -0.3 is 15.4 Å². The number of nitrogens with two attached hydrogens (primary N) is 1. The van der Waals surface area contributed by atoms with Gasteiger partial charge in [0.15, 0.2) is 5.69 Å². The molecule has 0 spiro atoms. The SMILES string of the molecule is NC(=O)OC1CCCN(C(=O)c2cnn(-c3ccc(F)cc3)c2C(F)(F)F)C1. The number of rotatable bonds is 3. The molecule has 1 aliphatic heterocycles. The lowest BCUT2D eigenvalue weighted by Gasteiger charge is -2.32. The van der Waals surface area contributed by atoms with Gasteiger partial charge in [0.2, 0.25) is 0 Å². The van der Waals surface area contributed by atoms with E-state index in [-0.39, 0.29) is 18.8 Å². The highest BCUT2D eigenvalue weighted by Crippen LogP contribution is 2.34. The van der Waals surface area contributed by atoms with E-state index in [9.17, 15) is 27.2 Å². The van der Waals surface area contributed by atoms with Gasteiger partial charge in [-0.15, -0.1) is 0 Å². The van der Waals surface area contributed by atoms with Gasteiger partial charge in [-0.05, 0) is 37.1 Å². The smallest absolute Gasteiger partial charge is 0.434 e. The van der Waals surface area contributed by atoms with Crippen molar-refractivity contribution in [2.45, 2.75) is 25.1 Å². The van der Waals surface area contributed by atoms with Crippen LogP contribution in [-0.4, -0.2) is 45.9 Å². The number of primary amides is 1. The van der Waals surface area contributed by atoms with E-state index < -0.39 is 41.4 Å². The van der Waals surface area contributed by atoms with E-state index in [0.29, 0.717) is 17.5 Å². The van der Waals surface area contributed by atoms with Crippen LogP contribution in [0.1, 0.15) is 28.9 Å². The van der Waals surface area contributed by atoms with Crippen LogP contribution in [-0.2, 0) is 10.9 Å². The normalized spacial score (nSPS) is 17.4. The largest absolute Gasteiger partial charge is 0.445 e. The summed E-state index contributed by atoms with van der Waals surface area (Å²) in [4.78, 5) is 24.8. The Kier molecular flexibility index (Phi) is 5.25. The fraction of sp³-hybridized carbons (Fsp3) is 0.353. The van der Waals surface area contributed by atoms with E-state index >= 15 is 0 Å². The van der Waals surface area contributed by atoms with E-state index in [1.807, 2.05) is 0 Å². The van der Waals surface area contributed by atoms with Crippen LogP contribution < -0.4 is 5.73 Å². The van der Waals surface area contributed by atoms with Crippen LogP contribution in [0.5, 0.6) is 0 Å². The second-order valence-corrected chi connectivity index (χ2v) is 6.25. The predicted molar refractivity (Wildman–Crippen MR) is 88.1 cm³/mol. The van der Waals surface area contributed by atoms with E-state index in [1.165, 1.54) is 4.90 Å². The molecule has 7 nitrogen and oxygen atoms in total. The molecule has 1 unspecified atom stereocenters. The number of hydrogen-bond acceptors (Lipinski definition) is 4. The number of carbonyl (C=O) groups excluding carboxylic acids is 2. The first-order chi connectivity index (χ1) is 13.2. The molecule has 150 valence electrons. The minimum Gasteiger partial charge on any atom is -0.445 e. The van der Waals surface area contributed by atoms with Crippen LogP contribution in [0.4, 0.5) is 22.4 Å². The molecule has 1 aromatic carbocycles. The maximum absolute atomic E-state index is 13.7. The van der Waals surface area contributed by atoms with Crippen LogP contribution in [0.3, 0.4) is 0 Å². The fourth-order valence-electron chi connectivity index (χ4n) is 3.11.